The zero-order chi connectivity index (χ0) is 29.6. The minimum Gasteiger partial charge on any atom is -0.468 e. The van der Waals surface area contributed by atoms with Crippen molar-refractivity contribution in [2.24, 2.45) is 0 Å². The summed E-state index contributed by atoms with van der Waals surface area (Å²) in [5.41, 5.74) is 2.10. The van der Waals surface area contributed by atoms with Crippen molar-refractivity contribution in [1.29, 1.82) is 5.26 Å². The van der Waals surface area contributed by atoms with Crippen LogP contribution < -0.4 is 10.6 Å². The van der Waals surface area contributed by atoms with Crippen molar-refractivity contribution in [2.75, 3.05) is 43.9 Å². The molecule has 11 heteroatoms. The topological polar surface area (TPSA) is 95.2 Å². The third-order valence-corrected chi connectivity index (χ3v) is 7.09. The summed E-state index contributed by atoms with van der Waals surface area (Å²) in [4.78, 5) is 17.9. The van der Waals surface area contributed by atoms with E-state index in [2.05, 4.69) is 33.5 Å². The summed E-state index contributed by atoms with van der Waals surface area (Å²) < 4.78 is 46.6. The number of rotatable bonds is 8. The summed E-state index contributed by atoms with van der Waals surface area (Å²) in [6.07, 6.45) is -1.23. The molecule has 216 valence electrons. The molecule has 0 aliphatic carbocycles. The average molecular weight is 567 g/mol. The number of carbonyl (C=O) groups excluding carboxylic acids is 1. The van der Waals surface area contributed by atoms with Crippen LogP contribution in [0.3, 0.4) is 0 Å². The van der Waals surface area contributed by atoms with Crippen LogP contribution in [-0.2, 0) is 21.5 Å². The Morgan fingerprint density at radius 2 is 1.95 bits per heavy atom. The van der Waals surface area contributed by atoms with Gasteiger partial charge in [0, 0.05) is 30.2 Å². The number of alkyl halides is 3. The van der Waals surface area contributed by atoms with E-state index in [1.54, 1.807) is 50.4 Å². The maximum atomic E-state index is 13.5. The third-order valence-electron chi connectivity index (χ3n) is 7.09. The van der Waals surface area contributed by atoms with Gasteiger partial charge in [-0.1, -0.05) is 12.0 Å². The number of hydrogen-bond acceptors (Lipinski definition) is 7. The molecule has 0 atom stereocenters. The fourth-order valence-corrected chi connectivity index (χ4v) is 4.77. The van der Waals surface area contributed by atoms with Crippen LogP contribution in [0, 0.1) is 23.2 Å². The molecule has 1 aromatic carbocycles. The molecule has 2 aromatic heterocycles. The Bertz CT molecular complexity index is 1470. The molecule has 0 spiro atoms. The lowest BCUT2D eigenvalue weighted by atomic mass is 9.91. The van der Waals surface area contributed by atoms with Crippen LogP contribution >= 0.6 is 0 Å². The second kappa shape index (κ2) is 12.5. The van der Waals surface area contributed by atoms with Crippen molar-refractivity contribution in [3.63, 3.8) is 0 Å². The van der Waals surface area contributed by atoms with Crippen LogP contribution in [0.15, 0.2) is 42.6 Å². The Morgan fingerprint density at radius 1 is 1.20 bits per heavy atom. The van der Waals surface area contributed by atoms with Crippen LogP contribution in [0.4, 0.5) is 24.5 Å². The molecule has 0 saturated carbocycles. The number of likely N-dealkylation sites (tertiary alicyclic amines) is 1. The first kappa shape index (κ1) is 29.8. The monoisotopic (exact) mass is 566 g/mol. The van der Waals surface area contributed by atoms with E-state index in [1.807, 2.05) is 11.0 Å². The van der Waals surface area contributed by atoms with E-state index in [0.29, 0.717) is 22.3 Å². The minimum atomic E-state index is -4.42. The highest BCUT2D eigenvalue weighted by atomic mass is 19.4. The summed E-state index contributed by atoms with van der Waals surface area (Å²) in [7, 11) is 1.37. The van der Waals surface area contributed by atoms with E-state index in [-0.39, 0.29) is 30.8 Å². The average Bonchev–Trinajstić information content (AvgIpc) is 3.29. The maximum absolute atomic E-state index is 13.5. The first-order chi connectivity index (χ1) is 19.5. The summed E-state index contributed by atoms with van der Waals surface area (Å²) in [5.74, 6) is 5.56. The van der Waals surface area contributed by atoms with E-state index in [9.17, 15) is 23.2 Å². The molecule has 4 rings (SSSR count). The smallest absolute Gasteiger partial charge is 0.406 e. The number of carbonyl (C=O) groups is 1. The molecule has 0 amide bonds. The molecule has 1 saturated heterocycles. The van der Waals surface area contributed by atoms with Gasteiger partial charge in [0.05, 0.1) is 60.5 Å². The lowest BCUT2D eigenvalue weighted by molar-refractivity contribution is -0.142. The molecule has 41 heavy (non-hydrogen) atoms. The number of ether oxygens (including phenoxy) is 1. The van der Waals surface area contributed by atoms with Crippen molar-refractivity contribution in [2.45, 2.75) is 50.9 Å². The van der Waals surface area contributed by atoms with Crippen molar-refractivity contribution >= 4 is 28.2 Å². The molecule has 0 radical (unpaired) electrons. The highest BCUT2D eigenvalue weighted by Crippen LogP contribution is 2.31. The van der Waals surface area contributed by atoms with Gasteiger partial charge in [-0.2, -0.15) is 18.4 Å². The number of nitrogens with zero attached hydrogens (tertiary/aromatic N) is 4. The van der Waals surface area contributed by atoms with Gasteiger partial charge in [-0.15, -0.1) is 0 Å². The highest BCUT2D eigenvalue weighted by Gasteiger charge is 2.30. The van der Waals surface area contributed by atoms with Gasteiger partial charge in [0.2, 0.25) is 0 Å². The number of fused-ring (bicyclic) bond motifs is 1. The number of esters is 1. The number of anilines is 2. The van der Waals surface area contributed by atoms with E-state index < -0.39 is 18.1 Å². The van der Waals surface area contributed by atoms with Gasteiger partial charge in [0.1, 0.15) is 6.54 Å². The zero-order valence-corrected chi connectivity index (χ0v) is 23.3. The molecule has 3 heterocycles. The minimum absolute atomic E-state index is 0.123. The predicted molar refractivity (Wildman–Crippen MR) is 151 cm³/mol. The molecule has 1 aliphatic heterocycles. The number of nitriles is 1. The summed E-state index contributed by atoms with van der Waals surface area (Å²) in [6, 6.07) is 12.9. The standard InChI is InChI=1S/C30H33F3N6O2/c1-29(2,19-34)27-10-9-22(17-36-27)35-13-5-6-23-16-24-25(7-4-8-26(24)39(23)20-30(31,32)33)37-21-11-14-38(15-12-21)18-28(40)41-3/h4,7-10,16-17,21,35,37H,11-15,18,20H2,1-3H3. The van der Waals surface area contributed by atoms with Gasteiger partial charge in [0.15, 0.2) is 0 Å². The number of benzene rings is 1. The van der Waals surface area contributed by atoms with Gasteiger partial charge in [0.25, 0.3) is 0 Å². The van der Waals surface area contributed by atoms with Crippen molar-refractivity contribution < 1.29 is 22.7 Å². The SMILES string of the molecule is COC(=O)CN1CCC(Nc2cccc3c2cc(C#CCNc2ccc(C(C)(C)C#N)nc2)n3CC(F)(F)F)CC1. The number of aromatic nitrogens is 2. The van der Waals surface area contributed by atoms with E-state index in [1.165, 1.54) is 11.7 Å². The van der Waals surface area contributed by atoms with Gasteiger partial charge < -0.3 is 19.9 Å². The normalized spacial score (nSPS) is 14.7. The van der Waals surface area contributed by atoms with Crippen LogP contribution in [0.1, 0.15) is 38.1 Å². The Hall–Kier alpha value is -4.22. The summed E-state index contributed by atoms with van der Waals surface area (Å²) in [6.45, 7) is 4.30. The molecule has 2 N–H and O–H groups in total. The first-order valence-electron chi connectivity index (χ1n) is 13.3. The van der Waals surface area contributed by atoms with Crippen molar-refractivity contribution in [3.8, 4) is 17.9 Å². The Labute approximate surface area is 237 Å². The predicted octanol–water partition coefficient (Wildman–Crippen LogP) is 4.91. The van der Waals surface area contributed by atoms with E-state index in [0.717, 1.165) is 31.6 Å². The summed E-state index contributed by atoms with van der Waals surface area (Å²) in [5, 5.41) is 16.5. The van der Waals surface area contributed by atoms with Gasteiger partial charge in [-0.25, -0.2) is 0 Å². The zero-order valence-electron chi connectivity index (χ0n) is 23.3. The Balaban J connectivity index is 1.50. The van der Waals surface area contributed by atoms with Crippen LogP contribution in [0.2, 0.25) is 0 Å². The molecule has 8 nitrogen and oxygen atoms in total. The molecular formula is C30H33F3N6O2. The van der Waals surface area contributed by atoms with Gasteiger partial charge in [-0.3, -0.25) is 14.7 Å². The quantitative estimate of drug-likeness (QED) is 0.296. The molecule has 1 aliphatic rings. The van der Waals surface area contributed by atoms with Crippen molar-refractivity contribution in [3.05, 3.63) is 54.0 Å². The first-order valence-corrected chi connectivity index (χ1v) is 13.3. The largest absolute Gasteiger partial charge is 0.468 e. The Kier molecular flexibility index (Phi) is 9.09. The van der Waals surface area contributed by atoms with Crippen LogP contribution in [0.5, 0.6) is 0 Å². The van der Waals surface area contributed by atoms with Crippen LogP contribution in [-0.4, -0.2) is 65.9 Å². The maximum Gasteiger partial charge on any atom is 0.406 e. The Morgan fingerprint density at radius 3 is 2.59 bits per heavy atom. The number of halogens is 3. The number of piperidine rings is 1. The van der Waals surface area contributed by atoms with Gasteiger partial charge >= 0.3 is 12.1 Å². The highest BCUT2D eigenvalue weighted by molar-refractivity contribution is 5.94. The number of nitrogens with one attached hydrogen (secondary N) is 2. The molecule has 1 fully saturated rings. The summed E-state index contributed by atoms with van der Waals surface area (Å²) >= 11 is 0. The van der Waals surface area contributed by atoms with Crippen molar-refractivity contribution in [1.82, 2.24) is 14.5 Å². The molecular weight excluding hydrogens is 533 g/mol. The molecule has 0 unspecified atom stereocenters. The molecule has 3 aromatic rings. The fraction of sp³-hybridized carbons (Fsp3) is 0.433. The second-order valence-electron chi connectivity index (χ2n) is 10.6. The van der Waals surface area contributed by atoms with E-state index >= 15 is 0 Å². The number of hydrogen-bond donors (Lipinski definition) is 2. The van der Waals surface area contributed by atoms with Gasteiger partial charge in [-0.05, 0) is 62.9 Å². The number of methoxy groups -OCH3 is 1. The fourth-order valence-electron chi connectivity index (χ4n) is 4.77. The molecule has 0 bridgehead atoms. The van der Waals surface area contributed by atoms with Crippen LogP contribution in [0.25, 0.3) is 10.9 Å². The lowest BCUT2D eigenvalue weighted by Gasteiger charge is -2.32. The lowest BCUT2D eigenvalue weighted by Crippen LogP contribution is -2.41. The third kappa shape index (κ3) is 7.71. The second-order valence-corrected chi connectivity index (χ2v) is 10.6. The number of pyridine rings is 1. The van der Waals surface area contributed by atoms with E-state index in [4.69, 9.17) is 4.74 Å².